The quantitative estimate of drug-likeness (QED) is 0.0807. The number of carbonyl (C=O) groups excluding carboxylic acids is 3. The number of aromatic nitrogens is 1. The summed E-state index contributed by atoms with van der Waals surface area (Å²) < 4.78 is 5.87. The van der Waals surface area contributed by atoms with E-state index in [0.29, 0.717) is 43.9 Å². The van der Waals surface area contributed by atoms with E-state index in [1.165, 1.54) is 57.8 Å². The van der Waals surface area contributed by atoms with E-state index >= 15 is 0 Å². The molecule has 10 heteroatoms. The van der Waals surface area contributed by atoms with Gasteiger partial charge in [0.15, 0.2) is 6.17 Å². The molecule has 2 aromatic rings. The molecule has 0 spiro atoms. The van der Waals surface area contributed by atoms with E-state index in [-0.39, 0.29) is 24.1 Å². The fraction of sp³-hybridized carbons (Fsp3) is 0.632. The summed E-state index contributed by atoms with van der Waals surface area (Å²) in [4.78, 5) is 43.0. The highest BCUT2D eigenvalue weighted by atomic mass is 16.5. The van der Waals surface area contributed by atoms with Crippen LogP contribution in [0.4, 0.5) is 5.69 Å². The third kappa shape index (κ3) is 15.5. The molecule has 2 heterocycles. The van der Waals surface area contributed by atoms with Crippen molar-refractivity contribution in [2.75, 3.05) is 38.1 Å². The van der Waals surface area contributed by atoms with Crippen LogP contribution < -0.4 is 20.7 Å². The zero-order valence-electron chi connectivity index (χ0n) is 29.5. The van der Waals surface area contributed by atoms with Gasteiger partial charge in [-0.3, -0.25) is 24.4 Å². The van der Waals surface area contributed by atoms with E-state index in [1.54, 1.807) is 17.4 Å². The Morgan fingerprint density at radius 1 is 0.854 bits per heavy atom. The van der Waals surface area contributed by atoms with Crippen molar-refractivity contribution >= 4 is 23.4 Å². The fourth-order valence-corrected chi connectivity index (χ4v) is 5.95. The lowest BCUT2D eigenvalue weighted by Crippen LogP contribution is -2.57. The highest BCUT2D eigenvalue weighted by molar-refractivity contribution is 5.89. The number of hydrogen-bond acceptors (Lipinski definition) is 7. The Morgan fingerprint density at radius 2 is 1.54 bits per heavy atom. The van der Waals surface area contributed by atoms with Crippen molar-refractivity contribution < 1.29 is 19.1 Å². The van der Waals surface area contributed by atoms with Crippen molar-refractivity contribution in [2.24, 2.45) is 0 Å². The van der Waals surface area contributed by atoms with Gasteiger partial charge in [-0.2, -0.15) is 0 Å². The van der Waals surface area contributed by atoms with Crippen LogP contribution >= 0.6 is 0 Å². The lowest BCUT2D eigenvalue weighted by atomic mass is 10.1. The molecule has 1 aromatic carbocycles. The van der Waals surface area contributed by atoms with Gasteiger partial charge in [-0.1, -0.05) is 70.8 Å². The normalized spacial score (nSPS) is 13.5. The molecule has 1 fully saturated rings. The van der Waals surface area contributed by atoms with E-state index in [2.05, 4.69) is 32.9 Å². The van der Waals surface area contributed by atoms with Gasteiger partial charge in [-0.05, 0) is 74.9 Å². The van der Waals surface area contributed by atoms with Gasteiger partial charge in [-0.25, -0.2) is 5.01 Å². The zero-order valence-corrected chi connectivity index (χ0v) is 29.5. The van der Waals surface area contributed by atoms with Crippen molar-refractivity contribution in [3.63, 3.8) is 0 Å². The molecule has 3 amide bonds. The van der Waals surface area contributed by atoms with Crippen LogP contribution in [0.25, 0.3) is 0 Å². The summed E-state index contributed by atoms with van der Waals surface area (Å²) >= 11 is 0. The maximum atomic E-state index is 13.7. The molecule has 1 atom stereocenters. The van der Waals surface area contributed by atoms with Crippen LogP contribution in [0.15, 0.2) is 48.8 Å². The predicted molar refractivity (Wildman–Crippen MR) is 192 cm³/mol. The summed E-state index contributed by atoms with van der Waals surface area (Å²) in [5, 5.41) is 13.0. The first-order valence-electron chi connectivity index (χ1n) is 18.5. The molecule has 0 aliphatic carbocycles. The monoisotopic (exact) mass is 664 g/mol. The Labute approximate surface area is 288 Å². The summed E-state index contributed by atoms with van der Waals surface area (Å²) in [7, 11) is 0. The smallest absolute Gasteiger partial charge is 0.280 e. The van der Waals surface area contributed by atoms with Crippen molar-refractivity contribution in [1.29, 1.82) is 0 Å². The number of rotatable bonds is 25. The Morgan fingerprint density at radius 3 is 2.19 bits per heavy atom. The maximum Gasteiger partial charge on any atom is 0.280 e. The van der Waals surface area contributed by atoms with Crippen LogP contribution in [0.5, 0.6) is 5.75 Å². The number of likely N-dealkylation sites (N-methyl/N-ethyl adjacent to an activating group) is 1. The topological polar surface area (TPSA) is 116 Å². The number of aryl methyl sites for hydroxylation is 1. The van der Waals surface area contributed by atoms with E-state index < -0.39 is 6.17 Å². The molecule has 3 N–H and O–H groups in total. The summed E-state index contributed by atoms with van der Waals surface area (Å²) in [6, 6.07) is 11.1. The summed E-state index contributed by atoms with van der Waals surface area (Å²) in [5.41, 5.74) is 1.66. The van der Waals surface area contributed by atoms with Crippen molar-refractivity contribution in [3.05, 3.63) is 54.4 Å². The molecule has 0 bridgehead atoms. The molecule has 0 saturated carbocycles. The average molecular weight is 665 g/mol. The second-order valence-corrected chi connectivity index (χ2v) is 12.7. The fourth-order valence-electron chi connectivity index (χ4n) is 5.95. The zero-order chi connectivity index (χ0) is 34.2. The van der Waals surface area contributed by atoms with Crippen molar-refractivity contribution in [1.82, 2.24) is 25.6 Å². The number of benzene rings is 1. The number of ether oxygens (including phenoxy) is 1. The number of nitrogens with one attached hydrogen (secondary N) is 3. The molecular formula is C38H60N6O4. The number of hydrogen-bond donors (Lipinski definition) is 3. The minimum atomic E-state index is -0.919. The number of amides is 3. The van der Waals surface area contributed by atoms with Crippen LogP contribution in [0.1, 0.15) is 116 Å². The van der Waals surface area contributed by atoms with Gasteiger partial charge >= 0.3 is 0 Å². The summed E-state index contributed by atoms with van der Waals surface area (Å²) in [5.74, 6) is 0.347. The molecule has 10 nitrogen and oxygen atoms in total. The van der Waals surface area contributed by atoms with Gasteiger partial charge in [0.05, 0.1) is 6.61 Å². The van der Waals surface area contributed by atoms with Crippen molar-refractivity contribution in [2.45, 2.75) is 123 Å². The lowest BCUT2D eigenvalue weighted by Gasteiger charge is -2.34. The SMILES string of the molecule is CCCCCCCCCCCCNC(=O)CCCOc1ccc(NC(NC(=O)CCc2cccnc2)C(=O)N(CC)N2CCCC2)cc1. The van der Waals surface area contributed by atoms with Gasteiger partial charge in [-0.15, -0.1) is 0 Å². The first-order valence-corrected chi connectivity index (χ1v) is 18.5. The Hall–Kier alpha value is -3.66. The number of carbonyl (C=O) groups is 3. The Balaban J connectivity index is 1.37. The van der Waals surface area contributed by atoms with Crippen LogP contribution in [0, 0.1) is 0 Å². The van der Waals surface area contributed by atoms with Crippen LogP contribution in [-0.4, -0.2) is 71.7 Å². The number of unbranched alkanes of at least 4 members (excludes halogenated alkanes) is 9. The minimum absolute atomic E-state index is 0.0716. The number of nitrogens with zero attached hydrogens (tertiary/aromatic N) is 3. The van der Waals surface area contributed by atoms with Gasteiger partial charge < -0.3 is 20.7 Å². The molecular weight excluding hydrogens is 604 g/mol. The third-order valence-electron chi connectivity index (χ3n) is 8.73. The lowest BCUT2D eigenvalue weighted by molar-refractivity contribution is -0.149. The predicted octanol–water partition coefficient (Wildman–Crippen LogP) is 6.62. The first kappa shape index (κ1) is 38.8. The molecule has 3 rings (SSSR count). The molecule has 266 valence electrons. The van der Waals surface area contributed by atoms with Gasteiger partial charge in [0.2, 0.25) is 11.8 Å². The third-order valence-corrected chi connectivity index (χ3v) is 8.73. The summed E-state index contributed by atoms with van der Waals surface area (Å²) in [6.45, 7) is 7.56. The standard InChI is InChI=1S/C38H60N6O4/c1-3-5-6-7-8-9-10-11-12-13-27-40-35(45)19-17-30-48-34-23-21-33(22-24-34)41-37(38(47)44(4-2)43-28-14-15-29-43)42-36(46)25-20-32-18-16-26-39-31-32/h16,18,21-24,26,31,37,41H,3-15,17,19-20,25,27-30H2,1-2H3,(H,40,45)(H,42,46). The van der Waals surface area contributed by atoms with Crippen LogP contribution in [0.3, 0.4) is 0 Å². The van der Waals surface area contributed by atoms with E-state index in [0.717, 1.165) is 44.5 Å². The number of pyridine rings is 1. The largest absolute Gasteiger partial charge is 0.494 e. The molecule has 1 aromatic heterocycles. The molecule has 1 aliphatic rings. The van der Waals surface area contributed by atoms with E-state index in [9.17, 15) is 14.4 Å². The molecule has 48 heavy (non-hydrogen) atoms. The number of anilines is 1. The van der Waals surface area contributed by atoms with Crippen molar-refractivity contribution in [3.8, 4) is 5.75 Å². The maximum absolute atomic E-state index is 13.7. The number of hydrazine groups is 1. The van der Waals surface area contributed by atoms with Gasteiger partial charge in [0.1, 0.15) is 5.75 Å². The Kier molecular flexibility index (Phi) is 19.1. The van der Waals surface area contributed by atoms with Crippen LogP contribution in [-0.2, 0) is 20.8 Å². The highest BCUT2D eigenvalue weighted by Gasteiger charge is 2.30. The van der Waals surface area contributed by atoms with Gasteiger partial charge in [0.25, 0.3) is 5.91 Å². The summed E-state index contributed by atoms with van der Waals surface area (Å²) in [6.07, 6.45) is 19.3. The minimum Gasteiger partial charge on any atom is -0.494 e. The highest BCUT2D eigenvalue weighted by Crippen LogP contribution is 2.19. The van der Waals surface area contributed by atoms with Crippen LogP contribution in [0.2, 0.25) is 0 Å². The van der Waals surface area contributed by atoms with E-state index in [1.807, 2.05) is 43.3 Å². The second-order valence-electron chi connectivity index (χ2n) is 12.7. The average Bonchev–Trinajstić information content (AvgIpc) is 3.64. The molecule has 1 saturated heterocycles. The van der Waals surface area contributed by atoms with E-state index in [4.69, 9.17) is 4.74 Å². The molecule has 1 unspecified atom stereocenters. The second kappa shape index (κ2) is 23.6. The Bertz CT molecular complexity index is 1170. The molecule has 0 radical (unpaired) electrons. The first-order chi connectivity index (χ1) is 23.5. The van der Waals surface area contributed by atoms with Gasteiger partial charge in [0, 0.05) is 57.1 Å². The molecule has 1 aliphatic heterocycles.